The van der Waals surface area contributed by atoms with Gasteiger partial charge in [-0.3, -0.25) is 0 Å². The van der Waals surface area contributed by atoms with E-state index in [9.17, 15) is 9.50 Å². The summed E-state index contributed by atoms with van der Waals surface area (Å²) >= 11 is 0. The van der Waals surface area contributed by atoms with Gasteiger partial charge >= 0.3 is 0 Å². The van der Waals surface area contributed by atoms with Gasteiger partial charge in [-0.2, -0.15) is 0 Å². The number of alkyl halides is 1. The Morgan fingerprint density at radius 2 is 2.09 bits per heavy atom. The molecule has 1 aromatic carbocycles. The van der Waals surface area contributed by atoms with Crippen molar-refractivity contribution >= 4 is 0 Å². The van der Waals surface area contributed by atoms with Crippen LogP contribution in [0.2, 0.25) is 0 Å². The fourth-order valence-corrected chi connectivity index (χ4v) is 4.05. The van der Waals surface area contributed by atoms with E-state index in [1.807, 2.05) is 30.3 Å². The van der Waals surface area contributed by atoms with Crippen molar-refractivity contribution in [3.05, 3.63) is 30.3 Å². The molecule has 1 aliphatic carbocycles. The molecule has 1 aromatic rings. The van der Waals surface area contributed by atoms with Crippen LogP contribution in [0.5, 0.6) is 5.75 Å². The standard InChI is InChI=1S/C18H25FO3/c1-12-9-17-16(10-18(20)22-17)15(12)8-7-13(19)11-21-14-5-3-2-4-6-14/h2-6,12-13,15-18,20H,7-11H2,1H3/t12-,13-,15+,16-,17+,18?/m1/s1. The zero-order chi connectivity index (χ0) is 15.5. The van der Waals surface area contributed by atoms with E-state index in [1.165, 1.54) is 0 Å². The molecule has 0 amide bonds. The van der Waals surface area contributed by atoms with Gasteiger partial charge < -0.3 is 14.6 Å². The number of ether oxygens (including phenoxy) is 2. The van der Waals surface area contributed by atoms with Gasteiger partial charge in [-0.25, -0.2) is 4.39 Å². The summed E-state index contributed by atoms with van der Waals surface area (Å²) in [6.07, 6.45) is 1.67. The number of aliphatic hydroxyl groups excluding tert-OH is 1. The second kappa shape index (κ2) is 6.97. The van der Waals surface area contributed by atoms with Gasteiger partial charge in [0.05, 0.1) is 6.10 Å². The predicted molar refractivity (Wildman–Crippen MR) is 82.3 cm³/mol. The Morgan fingerprint density at radius 1 is 1.32 bits per heavy atom. The zero-order valence-electron chi connectivity index (χ0n) is 13.0. The van der Waals surface area contributed by atoms with E-state index in [0.717, 1.165) is 12.8 Å². The van der Waals surface area contributed by atoms with Gasteiger partial charge in [0.25, 0.3) is 0 Å². The Kier molecular flexibility index (Phi) is 4.99. The second-order valence-electron chi connectivity index (χ2n) is 6.70. The molecule has 1 aliphatic heterocycles. The number of fused-ring (bicyclic) bond motifs is 1. The van der Waals surface area contributed by atoms with Crippen molar-refractivity contribution in [1.29, 1.82) is 0 Å². The lowest BCUT2D eigenvalue weighted by molar-refractivity contribution is -0.0922. The van der Waals surface area contributed by atoms with Crippen LogP contribution in [0.4, 0.5) is 4.39 Å². The maximum atomic E-state index is 14.1. The average molecular weight is 308 g/mol. The quantitative estimate of drug-likeness (QED) is 0.873. The summed E-state index contributed by atoms with van der Waals surface area (Å²) in [4.78, 5) is 0. The number of aliphatic hydroxyl groups is 1. The summed E-state index contributed by atoms with van der Waals surface area (Å²) in [6, 6.07) is 9.36. The van der Waals surface area contributed by atoms with Gasteiger partial charge in [-0.05, 0) is 49.1 Å². The second-order valence-corrected chi connectivity index (χ2v) is 6.70. The van der Waals surface area contributed by atoms with Crippen LogP contribution >= 0.6 is 0 Å². The summed E-state index contributed by atoms with van der Waals surface area (Å²) < 4.78 is 25.1. The van der Waals surface area contributed by atoms with Crippen LogP contribution in [0.3, 0.4) is 0 Å². The summed E-state index contributed by atoms with van der Waals surface area (Å²) in [6.45, 7) is 2.32. The van der Waals surface area contributed by atoms with Crippen molar-refractivity contribution in [3.8, 4) is 5.75 Å². The normalized spacial score (nSPS) is 35.3. The molecule has 1 unspecified atom stereocenters. The highest BCUT2D eigenvalue weighted by Gasteiger charge is 2.47. The van der Waals surface area contributed by atoms with E-state index in [4.69, 9.17) is 9.47 Å². The Balaban J connectivity index is 1.43. The molecule has 122 valence electrons. The van der Waals surface area contributed by atoms with Crippen LogP contribution in [0.15, 0.2) is 30.3 Å². The predicted octanol–water partition coefficient (Wildman–Crippen LogP) is 3.56. The molecule has 0 spiro atoms. The average Bonchev–Trinajstić information content (AvgIpc) is 2.99. The molecule has 1 saturated heterocycles. The van der Waals surface area contributed by atoms with E-state index in [1.54, 1.807) is 0 Å². The summed E-state index contributed by atoms with van der Waals surface area (Å²) in [5.74, 6) is 2.11. The Hall–Kier alpha value is -1.13. The number of hydrogen-bond donors (Lipinski definition) is 1. The molecule has 6 atom stereocenters. The minimum absolute atomic E-state index is 0.109. The molecular formula is C18H25FO3. The van der Waals surface area contributed by atoms with Gasteiger partial charge in [-0.1, -0.05) is 25.1 Å². The molecule has 1 saturated carbocycles. The third-order valence-electron chi connectivity index (χ3n) is 5.16. The van der Waals surface area contributed by atoms with Crippen LogP contribution < -0.4 is 4.74 Å². The van der Waals surface area contributed by atoms with Crippen LogP contribution in [-0.2, 0) is 4.74 Å². The molecule has 3 nitrogen and oxygen atoms in total. The highest BCUT2D eigenvalue weighted by atomic mass is 19.1. The maximum absolute atomic E-state index is 14.1. The van der Waals surface area contributed by atoms with Crippen LogP contribution in [-0.4, -0.2) is 30.3 Å². The zero-order valence-corrected chi connectivity index (χ0v) is 13.0. The Morgan fingerprint density at radius 3 is 2.86 bits per heavy atom. The highest BCUT2D eigenvalue weighted by Crippen LogP contribution is 2.47. The first-order valence-electron chi connectivity index (χ1n) is 8.29. The van der Waals surface area contributed by atoms with Crippen molar-refractivity contribution in [2.45, 2.75) is 51.2 Å². The van der Waals surface area contributed by atoms with Crippen LogP contribution in [0.25, 0.3) is 0 Å². The topological polar surface area (TPSA) is 38.7 Å². The minimum Gasteiger partial charge on any atom is -0.491 e. The first-order chi connectivity index (χ1) is 10.6. The van der Waals surface area contributed by atoms with Crippen molar-refractivity contribution in [3.63, 3.8) is 0 Å². The lowest BCUT2D eigenvalue weighted by atomic mass is 9.84. The van der Waals surface area contributed by atoms with Gasteiger partial charge in [0.15, 0.2) is 6.29 Å². The fourth-order valence-electron chi connectivity index (χ4n) is 4.05. The van der Waals surface area contributed by atoms with Gasteiger partial charge in [-0.15, -0.1) is 0 Å². The van der Waals surface area contributed by atoms with Gasteiger partial charge in [0, 0.05) is 6.42 Å². The number of hydrogen-bond acceptors (Lipinski definition) is 3. The molecule has 22 heavy (non-hydrogen) atoms. The molecule has 2 aliphatic rings. The monoisotopic (exact) mass is 308 g/mol. The summed E-state index contributed by atoms with van der Waals surface area (Å²) in [5, 5.41) is 9.61. The van der Waals surface area contributed by atoms with Crippen molar-refractivity contribution in [2.75, 3.05) is 6.61 Å². The molecule has 3 rings (SSSR count). The largest absolute Gasteiger partial charge is 0.491 e. The third kappa shape index (κ3) is 3.61. The minimum atomic E-state index is -0.946. The summed E-state index contributed by atoms with van der Waals surface area (Å²) in [5.41, 5.74) is 0. The first kappa shape index (κ1) is 15.8. The molecule has 1 N–H and O–H groups in total. The van der Waals surface area contributed by atoms with E-state index in [-0.39, 0.29) is 12.7 Å². The molecule has 4 heteroatoms. The maximum Gasteiger partial charge on any atom is 0.155 e. The van der Waals surface area contributed by atoms with E-state index in [0.29, 0.717) is 36.3 Å². The van der Waals surface area contributed by atoms with E-state index >= 15 is 0 Å². The van der Waals surface area contributed by atoms with Crippen molar-refractivity contribution < 1.29 is 19.0 Å². The molecule has 2 fully saturated rings. The van der Waals surface area contributed by atoms with Crippen molar-refractivity contribution in [1.82, 2.24) is 0 Å². The number of para-hydroxylation sites is 1. The smallest absolute Gasteiger partial charge is 0.155 e. The third-order valence-corrected chi connectivity index (χ3v) is 5.16. The first-order valence-corrected chi connectivity index (χ1v) is 8.29. The molecule has 0 radical (unpaired) electrons. The number of rotatable bonds is 6. The van der Waals surface area contributed by atoms with Crippen LogP contribution in [0, 0.1) is 17.8 Å². The lowest BCUT2D eigenvalue weighted by Crippen LogP contribution is -2.20. The molecule has 0 bridgehead atoms. The SMILES string of the molecule is C[C@@H]1C[C@@H]2OC(O)C[C@@H]2[C@H]1CC[C@@H](F)COc1ccccc1. The van der Waals surface area contributed by atoms with Gasteiger partial charge in [0.2, 0.25) is 0 Å². The Bertz CT molecular complexity index is 467. The molecule has 0 aromatic heterocycles. The van der Waals surface area contributed by atoms with E-state index in [2.05, 4.69) is 6.92 Å². The molecule has 1 heterocycles. The molecular weight excluding hydrogens is 283 g/mol. The number of halogens is 1. The fraction of sp³-hybridized carbons (Fsp3) is 0.667. The van der Waals surface area contributed by atoms with E-state index < -0.39 is 12.5 Å². The Labute approximate surface area is 131 Å². The van der Waals surface area contributed by atoms with Gasteiger partial charge in [0.1, 0.15) is 18.5 Å². The highest BCUT2D eigenvalue weighted by molar-refractivity contribution is 5.20. The van der Waals surface area contributed by atoms with Crippen LogP contribution in [0.1, 0.15) is 32.6 Å². The summed E-state index contributed by atoms with van der Waals surface area (Å²) in [7, 11) is 0. The number of benzene rings is 1. The van der Waals surface area contributed by atoms with Crippen molar-refractivity contribution in [2.24, 2.45) is 17.8 Å². The lowest BCUT2D eigenvalue weighted by Gasteiger charge is -2.22.